The van der Waals surface area contributed by atoms with Gasteiger partial charge in [0.1, 0.15) is 19.0 Å². The van der Waals surface area contributed by atoms with Crippen LogP contribution in [-0.2, 0) is 16.1 Å². The smallest absolute Gasteiger partial charge is 0.407 e. The molecule has 1 rings (SSSR count). The Labute approximate surface area is 106 Å². The highest BCUT2D eigenvalue weighted by atomic mass is 16.5. The number of aliphatic hydroxyl groups excluding tert-OH is 1. The standard InChI is InChI=1S/C13H17NO4/c15-9-12(16)7-4-8-14-13(17)18-10-11-5-2-1-3-6-11/h1-3,5-6,9,12,16H,4,7-8,10H2,(H,14,17)/t12-/m0/s1. The number of aldehydes is 1. The maximum Gasteiger partial charge on any atom is 0.407 e. The number of carbonyl (C=O) groups excluding carboxylic acids is 2. The summed E-state index contributed by atoms with van der Waals surface area (Å²) in [5.41, 5.74) is 0.920. The van der Waals surface area contributed by atoms with Gasteiger partial charge in [0.2, 0.25) is 0 Å². The number of aliphatic hydroxyl groups is 1. The van der Waals surface area contributed by atoms with E-state index in [-0.39, 0.29) is 6.61 Å². The summed E-state index contributed by atoms with van der Waals surface area (Å²) in [6, 6.07) is 9.37. The Bertz CT molecular complexity index is 367. The van der Waals surface area contributed by atoms with Crippen LogP contribution < -0.4 is 5.32 Å². The van der Waals surface area contributed by atoms with Crippen LogP contribution in [0.1, 0.15) is 18.4 Å². The average molecular weight is 251 g/mol. The maximum absolute atomic E-state index is 11.3. The first-order valence-corrected chi connectivity index (χ1v) is 5.80. The van der Waals surface area contributed by atoms with E-state index in [1.165, 1.54) is 0 Å². The molecule has 0 heterocycles. The molecule has 1 atom stereocenters. The molecule has 5 heteroatoms. The minimum absolute atomic E-state index is 0.226. The molecular formula is C13H17NO4. The first-order chi connectivity index (χ1) is 8.72. The molecule has 0 bridgehead atoms. The summed E-state index contributed by atoms with van der Waals surface area (Å²) in [6.45, 7) is 0.599. The van der Waals surface area contributed by atoms with Gasteiger partial charge < -0.3 is 20.0 Å². The summed E-state index contributed by atoms with van der Waals surface area (Å²) >= 11 is 0. The van der Waals surface area contributed by atoms with Crippen LogP contribution >= 0.6 is 0 Å². The zero-order chi connectivity index (χ0) is 13.2. The molecule has 0 saturated carbocycles. The summed E-state index contributed by atoms with van der Waals surface area (Å²) in [6.07, 6.45) is -0.108. The van der Waals surface area contributed by atoms with Crippen LogP contribution in [0.3, 0.4) is 0 Å². The molecular weight excluding hydrogens is 234 g/mol. The second kappa shape index (κ2) is 8.25. The Balaban J connectivity index is 2.09. The lowest BCUT2D eigenvalue weighted by Crippen LogP contribution is -2.26. The van der Waals surface area contributed by atoms with Crippen LogP contribution in [0.25, 0.3) is 0 Å². The van der Waals surface area contributed by atoms with Crippen molar-refractivity contribution in [2.45, 2.75) is 25.6 Å². The van der Waals surface area contributed by atoms with E-state index < -0.39 is 12.2 Å². The third-order valence-electron chi connectivity index (χ3n) is 2.32. The molecule has 98 valence electrons. The van der Waals surface area contributed by atoms with Gasteiger partial charge in [0.25, 0.3) is 0 Å². The highest BCUT2D eigenvalue weighted by Gasteiger charge is 2.04. The van der Waals surface area contributed by atoms with Gasteiger partial charge in [0.15, 0.2) is 0 Å². The molecule has 0 spiro atoms. The molecule has 0 saturated heterocycles. The highest BCUT2D eigenvalue weighted by Crippen LogP contribution is 2.00. The topological polar surface area (TPSA) is 75.6 Å². The zero-order valence-corrected chi connectivity index (χ0v) is 10.0. The van der Waals surface area contributed by atoms with Crippen molar-refractivity contribution in [1.29, 1.82) is 0 Å². The fourth-order valence-electron chi connectivity index (χ4n) is 1.34. The van der Waals surface area contributed by atoms with Crippen molar-refractivity contribution in [1.82, 2.24) is 5.32 Å². The van der Waals surface area contributed by atoms with Crippen molar-refractivity contribution in [3.63, 3.8) is 0 Å². The number of ether oxygens (including phenoxy) is 1. The third kappa shape index (κ3) is 6.00. The lowest BCUT2D eigenvalue weighted by atomic mass is 10.2. The Hall–Kier alpha value is -1.88. The van der Waals surface area contributed by atoms with Gasteiger partial charge in [-0.25, -0.2) is 4.79 Å². The minimum atomic E-state index is -0.952. The van der Waals surface area contributed by atoms with Gasteiger partial charge in [0.05, 0.1) is 0 Å². The van der Waals surface area contributed by atoms with Crippen LogP contribution in [0, 0.1) is 0 Å². The Kier molecular flexibility index (Phi) is 6.50. The second-order valence-corrected chi connectivity index (χ2v) is 3.83. The monoisotopic (exact) mass is 251 g/mol. The molecule has 0 fully saturated rings. The van der Waals surface area contributed by atoms with Crippen LogP contribution in [-0.4, -0.2) is 30.1 Å². The van der Waals surface area contributed by atoms with E-state index in [9.17, 15) is 9.59 Å². The minimum Gasteiger partial charge on any atom is -0.445 e. The second-order valence-electron chi connectivity index (χ2n) is 3.83. The van der Waals surface area contributed by atoms with E-state index in [2.05, 4.69) is 5.32 Å². The summed E-state index contributed by atoms with van der Waals surface area (Å²) in [7, 11) is 0. The van der Waals surface area contributed by atoms with Gasteiger partial charge in [-0.1, -0.05) is 30.3 Å². The number of hydrogen-bond donors (Lipinski definition) is 2. The Morgan fingerprint density at radius 3 is 2.78 bits per heavy atom. The Morgan fingerprint density at radius 1 is 1.39 bits per heavy atom. The van der Waals surface area contributed by atoms with E-state index in [1.54, 1.807) is 0 Å². The quantitative estimate of drug-likeness (QED) is 0.565. The van der Waals surface area contributed by atoms with E-state index in [1.807, 2.05) is 30.3 Å². The molecule has 0 radical (unpaired) electrons. The van der Waals surface area contributed by atoms with E-state index in [0.29, 0.717) is 25.7 Å². The molecule has 1 amide bonds. The fraction of sp³-hybridized carbons (Fsp3) is 0.385. The van der Waals surface area contributed by atoms with Crippen molar-refractivity contribution < 1.29 is 19.4 Å². The molecule has 0 aliphatic heterocycles. The predicted molar refractivity (Wildman–Crippen MR) is 65.9 cm³/mol. The van der Waals surface area contributed by atoms with Crippen molar-refractivity contribution in [2.24, 2.45) is 0 Å². The molecule has 1 aromatic rings. The highest BCUT2D eigenvalue weighted by molar-refractivity contribution is 5.67. The van der Waals surface area contributed by atoms with E-state index in [4.69, 9.17) is 9.84 Å². The van der Waals surface area contributed by atoms with E-state index in [0.717, 1.165) is 5.56 Å². The molecule has 5 nitrogen and oxygen atoms in total. The number of rotatable bonds is 7. The summed E-state index contributed by atoms with van der Waals surface area (Å²) in [5, 5.41) is 11.5. The molecule has 0 unspecified atom stereocenters. The van der Waals surface area contributed by atoms with Crippen molar-refractivity contribution in [3.8, 4) is 0 Å². The van der Waals surface area contributed by atoms with Gasteiger partial charge in [-0.05, 0) is 18.4 Å². The number of carbonyl (C=O) groups is 2. The van der Waals surface area contributed by atoms with E-state index >= 15 is 0 Å². The molecule has 18 heavy (non-hydrogen) atoms. The van der Waals surface area contributed by atoms with Crippen molar-refractivity contribution in [3.05, 3.63) is 35.9 Å². The number of amides is 1. The van der Waals surface area contributed by atoms with Crippen LogP contribution in [0.4, 0.5) is 4.79 Å². The van der Waals surface area contributed by atoms with Gasteiger partial charge >= 0.3 is 6.09 Å². The summed E-state index contributed by atoms with van der Waals surface area (Å²) < 4.78 is 4.98. The maximum atomic E-state index is 11.3. The normalized spacial score (nSPS) is 11.6. The van der Waals surface area contributed by atoms with Crippen molar-refractivity contribution >= 4 is 12.4 Å². The van der Waals surface area contributed by atoms with Crippen molar-refractivity contribution in [2.75, 3.05) is 6.54 Å². The first-order valence-electron chi connectivity index (χ1n) is 5.80. The summed E-state index contributed by atoms with van der Waals surface area (Å²) in [5.74, 6) is 0. The van der Waals surface area contributed by atoms with Gasteiger partial charge in [0, 0.05) is 6.54 Å². The average Bonchev–Trinajstić information content (AvgIpc) is 2.42. The molecule has 1 aromatic carbocycles. The molecule has 0 aromatic heterocycles. The summed E-state index contributed by atoms with van der Waals surface area (Å²) in [4.78, 5) is 21.4. The van der Waals surface area contributed by atoms with Gasteiger partial charge in [-0.2, -0.15) is 0 Å². The first kappa shape index (κ1) is 14.2. The molecule has 0 aliphatic rings. The van der Waals surface area contributed by atoms with Gasteiger partial charge in [-0.15, -0.1) is 0 Å². The van der Waals surface area contributed by atoms with Crippen LogP contribution in [0.15, 0.2) is 30.3 Å². The third-order valence-corrected chi connectivity index (χ3v) is 2.32. The number of alkyl carbamates (subject to hydrolysis) is 1. The van der Waals surface area contributed by atoms with Crippen LogP contribution in [0.2, 0.25) is 0 Å². The zero-order valence-electron chi connectivity index (χ0n) is 10.0. The molecule has 0 aliphatic carbocycles. The number of nitrogens with one attached hydrogen (secondary N) is 1. The molecule has 2 N–H and O–H groups in total. The predicted octanol–water partition coefficient (Wildman–Crippen LogP) is 1.25. The van der Waals surface area contributed by atoms with Crippen LogP contribution in [0.5, 0.6) is 0 Å². The Morgan fingerprint density at radius 2 is 2.11 bits per heavy atom. The van der Waals surface area contributed by atoms with Gasteiger partial charge in [-0.3, -0.25) is 0 Å². The largest absolute Gasteiger partial charge is 0.445 e. The lowest BCUT2D eigenvalue weighted by Gasteiger charge is -2.07. The number of benzene rings is 1. The SMILES string of the molecule is O=C[C@@H](O)CCCNC(=O)OCc1ccccc1. The lowest BCUT2D eigenvalue weighted by molar-refractivity contribution is -0.115. The fourth-order valence-corrected chi connectivity index (χ4v) is 1.34. The number of hydrogen-bond acceptors (Lipinski definition) is 4.